The normalized spacial score (nSPS) is 23.2. The van der Waals surface area contributed by atoms with E-state index in [0.717, 1.165) is 6.42 Å². The summed E-state index contributed by atoms with van der Waals surface area (Å²) in [6.07, 6.45) is 1.50. The standard InChI is InChI=1S/C12H14O2/c1-9(10-5-3-2-4-6-10)11-7-8-12(13)14-11/h2-6,9,11H,7-8H2,1H3/t9-,11-/m1/s1. The minimum atomic E-state index is -0.0576. The number of ether oxygens (including phenoxy) is 1. The van der Waals surface area contributed by atoms with E-state index in [1.54, 1.807) is 0 Å². The zero-order valence-electron chi connectivity index (χ0n) is 8.27. The Morgan fingerprint density at radius 2 is 2.07 bits per heavy atom. The average molecular weight is 190 g/mol. The second kappa shape index (κ2) is 3.82. The quantitative estimate of drug-likeness (QED) is 0.670. The molecule has 1 heterocycles. The highest BCUT2D eigenvalue weighted by molar-refractivity contribution is 5.71. The molecule has 74 valence electrons. The molecule has 1 aromatic rings. The fourth-order valence-electron chi connectivity index (χ4n) is 1.87. The van der Waals surface area contributed by atoms with E-state index in [0.29, 0.717) is 12.3 Å². The van der Waals surface area contributed by atoms with Crippen LogP contribution < -0.4 is 0 Å². The molecule has 0 aromatic heterocycles. The van der Waals surface area contributed by atoms with Gasteiger partial charge in [-0.05, 0) is 12.0 Å². The maximum Gasteiger partial charge on any atom is 0.306 e. The summed E-state index contributed by atoms with van der Waals surface area (Å²) in [6.45, 7) is 2.11. The SMILES string of the molecule is C[C@H](c1ccccc1)[C@H]1CCC(=O)O1. The molecule has 0 saturated carbocycles. The van der Waals surface area contributed by atoms with Crippen LogP contribution in [0.5, 0.6) is 0 Å². The highest BCUT2D eigenvalue weighted by Gasteiger charge is 2.28. The van der Waals surface area contributed by atoms with E-state index in [1.807, 2.05) is 18.2 Å². The summed E-state index contributed by atoms with van der Waals surface area (Å²) < 4.78 is 5.24. The van der Waals surface area contributed by atoms with E-state index in [2.05, 4.69) is 19.1 Å². The number of esters is 1. The van der Waals surface area contributed by atoms with Crippen LogP contribution in [-0.4, -0.2) is 12.1 Å². The molecule has 2 rings (SSSR count). The van der Waals surface area contributed by atoms with Gasteiger partial charge in [0.1, 0.15) is 6.10 Å². The van der Waals surface area contributed by atoms with Crippen molar-refractivity contribution in [3.8, 4) is 0 Å². The van der Waals surface area contributed by atoms with Crippen LogP contribution in [0.1, 0.15) is 31.2 Å². The highest BCUT2D eigenvalue weighted by atomic mass is 16.5. The van der Waals surface area contributed by atoms with Crippen LogP contribution in [0.4, 0.5) is 0 Å². The Kier molecular flexibility index (Phi) is 2.53. The Morgan fingerprint density at radius 3 is 2.64 bits per heavy atom. The molecular weight excluding hydrogens is 176 g/mol. The number of cyclic esters (lactones) is 1. The molecular formula is C12H14O2. The summed E-state index contributed by atoms with van der Waals surface area (Å²) >= 11 is 0. The minimum absolute atomic E-state index is 0.0576. The van der Waals surface area contributed by atoms with E-state index in [1.165, 1.54) is 5.56 Å². The summed E-state index contributed by atoms with van der Waals surface area (Å²) in [5.41, 5.74) is 1.24. The largest absolute Gasteiger partial charge is 0.462 e. The molecule has 1 aromatic carbocycles. The lowest BCUT2D eigenvalue weighted by Crippen LogP contribution is -2.15. The molecule has 0 radical (unpaired) electrons. The molecule has 0 unspecified atom stereocenters. The number of rotatable bonds is 2. The smallest absolute Gasteiger partial charge is 0.306 e. The summed E-state index contributed by atoms with van der Waals surface area (Å²) in [4.78, 5) is 11.0. The van der Waals surface area contributed by atoms with Gasteiger partial charge in [-0.25, -0.2) is 0 Å². The molecule has 14 heavy (non-hydrogen) atoms. The van der Waals surface area contributed by atoms with Gasteiger partial charge in [0.05, 0.1) is 0 Å². The molecule has 0 amide bonds. The van der Waals surface area contributed by atoms with Crippen LogP contribution in [0.15, 0.2) is 30.3 Å². The Labute approximate surface area is 83.9 Å². The van der Waals surface area contributed by atoms with Crippen molar-refractivity contribution in [3.05, 3.63) is 35.9 Å². The third kappa shape index (κ3) is 1.79. The van der Waals surface area contributed by atoms with Crippen LogP contribution in [-0.2, 0) is 9.53 Å². The van der Waals surface area contributed by atoms with Gasteiger partial charge >= 0.3 is 5.97 Å². The first kappa shape index (κ1) is 9.25. The number of hydrogen-bond donors (Lipinski definition) is 0. The van der Waals surface area contributed by atoms with Gasteiger partial charge in [-0.3, -0.25) is 4.79 Å². The molecule has 1 fully saturated rings. The van der Waals surface area contributed by atoms with Crippen molar-refractivity contribution in [3.63, 3.8) is 0 Å². The molecule has 2 atom stereocenters. The summed E-state index contributed by atoms with van der Waals surface area (Å²) in [7, 11) is 0. The van der Waals surface area contributed by atoms with E-state index in [4.69, 9.17) is 4.74 Å². The molecule has 0 N–H and O–H groups in total. The van der Waals surface area contributed by atoms with E-state index >= 15 is 0 Å². The fraction of sp³-hybridized carbons (Fsp3) is 0.417. The van der Waals surface area contributed by atoms with Gasteiger partial charge in [0, 0.05) is 12.3 Å². The number of carbonyl (C=O) groups is 1. The Bertz CT molecular complexity index is 318. The molecule has 0 spiro atoms. The van der Waals surface area contributed by atoms with Gasteiger partial charge in [-0.2, -0.15) is 0 Å². The van der Waals surface area contributed by atoms with Crippen LogP contribution in [0, 0.1) is 0 Å². The van der Waals surface area contributed by atoms with Crippen molar-refractivity contribution in [2.24, 2.45) is 0 Å². The maximum absolute atomic E-state index is 11.0. The van der Waals surface area contributed by atoms with Gasteiger partial charge in [-0.1, -0.05) is 37.3 Å². The lowest BCUT2D eigenvalue weighted by atomic mass is 9.94. The van der Waals surface area contributed by atoms with E-state index < -0.39 is 0 Å². The second-order valence-electron chi connectivity index (χ2n) is 3.77. The molecule has 2 heteroatoms. The fourth-order valence-corrected chi connectivity index (χ4v) is 1.87. The topological polar surface area (TPSA) is 26.3 Å². The van der Waals surface area contributed by atoms with Crippen LogP contribution in [0.25, 0.3) is 0 Å². The monoisotopic (exact) mass is 190 g/mol. The number of hydrogen-bond acceptors (Lipinski definition) is 2. The first-order valence-electron chi connectivity index (χ1n) is 5.02. The van der Waals surface area contributed by atoms with Crippen molar-refractivity contribution in [1.29, 1.82) is 0 Å². The molecule has 1 saturated heterocycles. The average Bonchev–Trinajstić information content (AvgIpc) is 2.65. The highest BCUT2D eigenvalue weighted by Crippen LogP contribution is 2.28. The predicted molar refractivity (Wildman–Crippen MR) is 54.0 cm³/mol. The first-order valence-corrected chi connectivity index (χ1v) is 5.02. The van der Waals surface area contributed by atoms with Gasteiger partial charge < -0.3 is 4.74 Å². The van der Waals surface area contributed by atoms with Crippen LogP contribution in [0.3, 0.4) is 0 Å². The molecule has 1 aliphatic heterocycles. The van der Waals surface area contributed by atoms with Crippen LogP contribution in [0.2, 0.25) is 0 Å². The Morgan fingerprint density at radius 1 is 1.36 bits per heavy atom. The lowest BCUT2D eigenvalue weighted by Gasteiger charge is -2.18. The molecule has 2 nitrogen and oxygen atoms in total. The molecule has 0 aliphatic carbocycles. The number of carbonyl (C=O) groups excluding carboxylic acids is 1. The lowest BCUT2D eigenvalue weighted by molar-refractivity contribution is -0.142. The zero-order chi connectivity index (χ0) is 9.97. The third-order valence-electron chi connectivity index (χ3n) is 2.80. The zero-order valence-corrected chi connectivity index (χ0v) is 8.27. The Hall–Kier alpha value is -1.31. The van der Waals surface area contributed by atoms with E-state index in [9.17, 15) is 4.79 Å². The third-order valence-corrected chi connectivity index (χ3v) is 2.80. The van der Waals surface area contributed by atoms with Crippen LogP contribution >= 0.6 is 0 Å². The van der Waals surface area contributed by atoms with Crippen molar-refractivity contribution in [2.45, 2.75) is 31.8 Å². The molecule has 0 bridgehead atoms. The maximum atomic E-state index is 11.0. The second-order valence-corrected chi connectivity index (χ2v) is 3.77. The predicted octanol–water partition coefficient (Wildman–Crippen LogP) is 2.50. The van der Waals surface area contributed by atoms with Crippen molar-refractivity contribution in [2.75, 3.05) is 0 Å². The summed E-state index contributed by atoms with van der Waals surface area (Å²) in [5.74, 6) is 0.250. The molecule has 1 aliphatic rings. The van der Waals surface area contributed by atoms with Crippen molar-refractivity contribution < 1.29 is 9.53 Å². The van der Waals surface area contributed by atoms with Gasteiger partial charge in [-0.15, -0.1) is 0 Å². The van der Waals surface area contributed by atoms with Gasteiger partial charge in [0.2, 0.25) is 0 Å². The number of benzene rings is 1. The van der Waals surface area contributed by atoms with Gasteiger partial charge in [0.25, 0.3) is 0 Å². The first-order chi connectivity index (χ1) is 6.77. The summed E-state index contributed by atoms with van der Waals surface area (Å²) in [5, 5.41) is 0. The summed E-state index contributed by atoms with van der Waals surface area (Å²) in [6, 6.07) is 10.2. The van der Waals surface area contributed by atoms with Gasteiger partial charge in [0.15, 0.2) is 0 Å². The Balaban J connectivity index is 2.09. The van der Waals surface area contributed by atoms with Crippen molar-refractivity contribution >= 4 is 5.97 Å². The van der Waals surface area contributed by atoms with Crippen molar-refractivity contribution in [1.82, 2.24) is 0 Å². The minimum Gasteiger partial charge on any atom is -0.462 e. The van der Waals surface area contributed by atoms with E-state index in [-0.39, 0.29) is 12.1 Å².